The molecule has 5 atom stereocenters. The fraction of sp³-hybridized carbons (Fsp3) is 0.469. The van der Waals surface area contributed by atoms with Gasteiger partial charge in [-0.25, -0.2) is 9.59 Å². The second-order valence-corrected chi connectivity index (χ2v) is 10.3. The Morgan fingerprint density at radius 1 is 0.900 bits per heavy atom. The molecule has 1 saturated heterocycles. The zero-order chi connectivity index (χ0) is 28.4. The third-order valence-corrected chi connectivity index (χ3v) is 7.27. The Balaban J connectivity index is 1.60. The number of aliphatic hydroxyl groups is 1. The van der Waals surface area contributed by atoms with Gasteiger partial charge in [-0.1, -0.05) is 69.0 Å². The zero-order valence-corrected chi connectivity index (χ0v) is 22.9. The van der Waals surface area contributed by atoms with Crippen LogP contribution in [0, 0.1) is 0 Å². The van der Waals surface area contributed by atoms with Gasteiger partial charge in [-0.2, -0.15) is 0 Å². The molecule has 2 aliphatic rings. The lowest BCUT2D eigenvalue weighted by Crippen LogP contribution is -2.52. The molecule has 1 fully saturated rings. The molecule has 0 bridgehead atoms. The summed E-state index contributed by atoms with van der Waals surface area (Å²) >= 11 is 0. The third-order valence-electron chi connectivity index (χ3n) is 7.27. The maximum absolute atomic E-state index is 13.0. The molecular formula is C32H38O8. The van der Waals surface area contributed by atoms with Gasteiger partial charge in [0.15, 0.2) is 12.2 Å². The first kappa shape index (κ1) is 29.5. The smallest absolute Gasteiger partial charge is 0.338 e. The predicted molar refractivity (Wildman–Crippen MR) is 147 cm³/mol. The van der Waals surface area contributed by atoms with Crippen molar-refractivity contribution in [3.8, 4) is 0 Å². The van der Waals surface area contributed by atoms with Crippen LogP contribution in [-0.4, -0.2) is 53.2 Å². The van der Waals surface area contributed by atoms with Crippen LogP contribution in [-0.2, 0) is 23.7 Å². The first-order valence-corrected chi connectivity index (χ1v) is 14.2. The maximum atomic E-state index is 13.0. The van der Waals surface area contributed by atoms with Crippen LogP contribution in [0.3, 0.4) is 0 Å². The maximum Gasteiger partial charge on any atom is 0.338 e. The predicted octanol–water partition coefficient (Wildman–Crippen LogP) is 5.54. The minimum atomic E-state index is -1.91. The van der Waals surface area contributed by atoms with Crippen molar-refractivity contribution in [2.24, 2.45) is 0 Å². The van der Waals surface area contributed by atoms with E-state index in [2.05, 4.69) is 6.92 Å². The average Bonchev–Trinajstić information content (AvgIpc) is 2.97. The summed E-state index contributed by atoms with van der Waals surface area (Å²) in [6.45, 7) is 2.15. The molecule has 2 aliphatic heterocycles. The molecule has 0 radical (unpaired) electrons. The summed E-state index contributed by atoms with van der Waals surface area (Å²) in [5, 5.41) is 11.6. The molecule has 0 saturated carbocycles. The highest BCUT2D eigenvalue weighted by molar-refractivity contribution is 5.90. The number of benzene rings is 2. The summed E-state index contributed by atoms with van der Waals surface area (Å²) in [7, 11) is 0. The Kier molecular flexibility index (Phi) is 10.5. The number of esters is 3. The van der Waals surface area contributed by atoms with Crippen LogP contribution in [0.1, 0.15) is 85.4 Å². The van der Waals surface area contributed by atoms with Crippen molar-refractivity contribution in [1.82, 2.24) is 0 Å². The molecule has 2 aromatic carbocycles. The summed E-state index contributed by atoms with van der Waals surface area (Å²) in [5.41, 5.74) is 0.637. The van der Waals surface area contributed by atoms with E-state index in [0.29, 0.717) is 24.0 Å². The van der Waals surface area contributed by atoms with E-state index in [-0.39, 0.29) is 18.9 Å². The number of rotatable bonds is 9. The molecule has 8 nitrogen and oxygen atoms in total. The van der Waals surface area contributed by atoms with Crippen molar-refractivity contribution in [3.05, 3.63) is 83.9 Å². The number of carbonyl (C=O) groups is 3. The van der Waals surface area contributed by atoms with Crippen LogP contribution >= 0.6 is 0 Å². The minimum Gasteiger partial charge on any atom is -0.456 e. The molecule has 8 heteroatoms. The van der Waals surface area contributed by atoms with Gasteiger partial charge in [0.1, 0.15) is 6.10 Å². The van der Waals surface area contributed by atoms with E-state index in [4.69, 9.17) is 18.9 Å². The Labute approximate surface area is 235 Å². The molecule has 0 spiro atoms. The van der Waals surface area contributed by atoms with Gasteiger partial charge >= 0.3 is 17.9 Å². The SMILES string of the molecule is CCCCCC[C@H]1CC[C@H]2OC(=O)CC[C@H](OC(=O)c3ccccc3)[C@H](OC(=O)c3ccccc3)/C=C/[C@@]2(O)O1. The number of carbonyl (C=O) groups excluding carboxylic acids is 3. The van der Waals surface area contributed by atoms with E-state index in [1.807, 2.05) is 0 Å². The lowest BCUT2D eigenvalue weighted by molar-refractivity contribution is -0.277. The fourth-order valence-corrected chi connectivity index (χ4v) is 5.02. The van der Waals surface area contributed by atoms with Crippen molar-refractivity contribution in [3.63, 3.8) is 0 Å². The summed E-state index contributed by atoms with van der Waals surface area (Å²) in [4.78, 5) is 38.8. The van der Waals surface area contributed by atoms with Crippen LogP contribution in [0.25, 0.3) is 0 Å². The van der Waals surface area contributed by atoms with Crippen LogP contribution in [0.2, 0.25) is 0 Å². The quantitative estimate of drug-likeness (QED) is 0.188. The first-order valence-electron chi connectivity index (χ1n) is 14.2. The van der Waals surface area contributed by atoms with Gasteiger partial charge < -0.3 is 24.1 Å². The number of fused-ring (bicyclic) bond motifs is 1. The molecule has 0 amide bonds. The first-order chi connectivity index (χ1) is 19.4. The minimum absolute atomic E-state index is 0.0561. The zero-order valence-electron chi connectivity index (χ0n) is 22.9. The fourth-order valence-electron chi connectivity index (χ4n) is 5.02. The molecule has 0 aromatic heterocycles. The second kappa shape index (κ2) is 14.2. The van der Waals surface area contributed by atoms with Gasteiger partial charge in [0.2, 0.25) is 5.79 Å². The molecule has 4 rings (SSSR count). The second-order valence-electron chi connectivity index (χ2n) is 10.3. The lowest BCUT2D eigenvalue weighted by atomic mass is 9.93. The molecule has 0 aliphatic carbocycles. The van der Waals surface area contributed by atoms with Gasteiger partial charge in [-0.15, -0.1) is 0 Å². The van der Waals surface area contributed by atoms with Crippen molar-refractivity contribution in [2.75, 3.05) is 0 Å². The van der Waals surface area contributed by atoms with Crippen molar-refractivity contribution in [2.45, 2.75) is 94.9 Å². The van der Waals surface area contributed by atoms with E-state index in [9.17, 15) is 19.5 Å². The highest BCUT2D eigenvalue weighted by Gasteiger charge is 2.45. The van der Waals surface area contributed by atoms with Gasteiger partial charge in [-0.05, 0) is 62.1 Å². The molecule has 40 heavy (non-hydrogen) atoms. The van der Waals surface area contributed by atoms with Gasteiger partial charge in [-0.3, -0.25) is 4.79 Å². The standard InChI is InChI=1S/C32H38O8/c1-2-3-4-11-16-25-17-19-28-32(36,40-25)22-21-27(38-31(35)24-14-9-6-10-15-24)26(18-20-29(33)39-28)37-30(34)23-12-7-5-8-13-23/h5-10,12-15,21-22,25-28,36H,2-4,11,16-20H2,1H3/b22-21+/t25-,26-,27+,28+,32+/m0/s1. The molecule has 214 valence electrons. The van der Waals surface area contributed by atoms with E-state index in [0.717, 1.165) is 32.1 Å². The number of ether oxygens (including phenoxy) is 4. The Bertz CT molecular complexity index is 1150. The van der Waals surface area contributed by atoms with Gasteiger partial charge in [0.05, 0.1) is 17.2 Å². The van der Waals surface area contributed by atoms with Gasteiger partial charge in [0, 0.05) is 6.42 Å². The largest absolute Gasteiger partial charge is 0.456 e. The molecule has 0 unspecified atom stereocenters. The topological polar surface area (TPSA) is 108 Å². The van der Waals surface area contributed by atoms with Crippen LogP contribution < -0.4 is 0 Å². The van der Waals surface area contributed by atoms with Crippen LogP contribution in [0.15, 0.2) is 72.8 Å². The summed E-state index contributed by atoms with van der Waals surface area (Å²) < 4.78 is 23.3. The Hall–Kier alpha value is -3.49. The van der Waals surface area contributed by atoms with E-state index < -0.39 is 42.0 Å². The van der Waals surface area contributed by atoms with Gasteiger partial charge in [0.25, 0.3) is 0 Å². The number of unbranched alkanes of at least 4 members (excludes halogenated alkanes) is 3. The third kappa shape index (κ3) is 8.02. The highest BCUT2D eigenvalue weighted by Crippen LogP contribution is 2.34. The van der Waals surface area contributed by atoms with Crippen molar-refractivity contribution in [1.29, 1.82) is 0 Å². The van der Waals surface area contributed by atoms with E-state index >= 15 is 0 Å². The molecule has 1 N–H and O–H groups in total. The Morgan fingerprint density at radius 2 is 1.55 bits per heavy atom. The van der Waals surface area contributed by atoms with Crippen molar-refractivity contribution >= 4 is 17.9 Å². The monoisotopic (exact) mass is 550 g/mol. The highest BCUT2D eigenvalue weighted by atomic mass is 16.7. The van der Waals surface area contributed by atoms with E-state index in [1.165, 1.54) is 12.2 Å². The molecule has 2 heterocycles. The average molecular weight is 551 g/mol. The number of hydrogen-bond donors (Lipinski definition) is 1. The molecular weight excluding hydrogens is 512 g/mol. The van der Waals surface area contributed by atoms with Crippen LogP contribution in [0.4, 0.5) is 0 Å². The van der Waals surface area contributed by atoms with E-state index in [1.54, 1.807) is 60.7 Å². The van der Waals surface area contributed by atoms with Crippen LogP contribution in [0.5, 0.6) is 0 Å². The number of hydrogen-bond acceptors (Lipinski definition) is 8. The summed E-state index contributed by atoms with van der Waals surface area (Å²) in [6, 6.07) is 16.9. The summed E-state index contributed by atoms with van der Waals surface area (Å²) in [6.07, 6.45) is 5.76. The lowest BCUT2D eigenvalue weighted by Gasteiger charge is -2.41. The van der Waals surface area contributed by atoms with Crippen molar-refractivity contribution < 1.29 is 38.4 Å². The Morgan fingerprint density at radius 3 is 2.20 bits per heavy atom. The summed E-state index contributed by atoms with van der Waals surface area (Å²) in [5.74, 6) is -3.72. The molecule has 2 aromatic rings. The normalized spacial score (nSPS) is 27.5.